The molecule has 0 spiro atoms. The Bertz CT molecular complexity index is 374. The quantitative estimate of drug-likeness (QED) is 0.726. The standard InChI is InChI=1S/C12H11.2ClH.Zr/c1-2-5-10-8-9-11-6-3-4-7-12(10)11;;;/h2-4,6-9H,1,5H2;2*1H;. The molecule has 0 bridgehead atoms. The monoisotopic (exact) mass is 317 g/mol. The Kier molecular flexibility index (Phi) is 6.10. The van der Waals surface area contributed by atoms with Crippen molar-refractivity contribution in [3.05, 3.63) is 54.1 Å². The Labute approximate surface area is 119 Å². The number of fused-ring (bicyclic) bond motifs is 1. The molecule has 1 aliphatic rings. The maximum atomic E-state index is 3.82. The Morgan fingerprint density at radius 1 is 1.27 bits per heavy atom. The van der Waals surface area contributed by atoms with Gasteiger partial charge in [0, 0.05) is 0 Å². The number of rotatable bonds is 2. The van der Waals surface area contributed by atoms with Crippen molar-refractivity contribution < 1.29 is 24.7 Å². The molecular weight excluding hydrogens is 306 g/mol. The summed E-state index contributed by atoms with van der Waals surface area (Å²) < 4.78 is 0.269. The summed E-state index contributed by atoms with van der Waals surface area (Å²) in [5, 5.41) is 0. The molecule has 79 valence electrons. The molecule has 0 aliphatic heterocycles. The average molecular weight is 319 g/mol. The zero-order valence-electron chi connectivity index (χ0n) is 8.27. The van der Waals surface area contributed by atoms with Gasteiger partial charge in [-0.2, -0.15) is 0 Å². The smallest absolute Gasteiger partial charge is 0.147 e. The predicted molar refractivity (Wildman–Crippen MR) is 66.5 cm³/mol. The van der Waals surface area contributed by atoms with Gasteiger partial charge in [-0.05, 0) is 0 Å². The van der Waals surface area contributed by atoms with Crippen LogP contribution in [0.5, 0.6) is 0 Å². The van der Waals surface area contributed by atoms with Crippen molar-refractivity contribution in [3.8, 4) is 0 Å². The van der Waals surface area contributed by atoms with Crippen LogP contribution >= 0.6 is 24.8 Å². The van der Waals surface area contributed by atoms with Gasteiger partial charge < -0.3 is 0 Å². The van der Waals surface area contributed by atoms with E-state index in [0.29, 0.717) is 0 Å². The fourth-order valence-electron chi connectivity index (χ4n) is 1.78. The second-order valence-corrected chi connectivity index (χ2v) is 5.58. The molecule has 1 unspecified atom stereocenters. The summed E-state index contributed by atoms with van der Waals surface area (Å²) in [6.07, 6.45) is 7.62. The first-order chi connectivity index (χ1) is 6.26. The van der Waals surface area contributed by atoms with Crippen LogP contribution in [-0.4, -0.2) is 0 Å². The summed E-state index contributed by atoms with van der Waals surface area (Å²) in [7, 11) is 0. The van der Waals surface area contributed by atoms with Crippen molar-refractivity contribution in [3.63, 3.8) is 0 Å². The van der Waals surface area contributed by atoms with Gasteiger partial charge in [-0.1, -0.05) is 0 Å². The molecule has 2 rings (SSSR count). The van der Waals surface area contributed by atoms with E-state index in [1.807, 2.05) is 6.08 Å². The summed E-state index contributed by atoms with van der Waals surface area (Å²) in [6.45, 7) is 3.82. The van der Waals surface area contributed by atoms with Gasteiger partial charge in [0.2, 0.25) is 0 Å². The topological polar surface area (TPSA) is 0 Å². The molecule has 0 nitrogen and oxygen atoms in total. The fraction of sp³-hybridized carbons (Fsp3) is 0.167. The van der Waals surface area contributed by atoms with E-state index in [1.165, 1.54) is 11.1 Å². The Morgan fingerprint density at radius 2 is 1.93 bits per heavy atom. The van der Waals surface area contributed by atoms with Crippen molar-refractivity contribution in [2.75, 3.05) is 0 Å². The molecule has 1 aromatic carbocycles. The van der Waals surface area contributed by atoms with Crippen LogP contribution in [0.1, 0.15) is 17.5 Å². The van der Waals surface area contributed by atoms with Crippen molar-refractivity contribution in [1.29, 1.82) is 0 Å². The van der Waals surface area contributed by atoms with Crippen LogP contribution in [0.3, 0.4) is 0 Å². The minimum atomic E-state index is 0. The molecule has 0 saturated heterocycles. The summed E-state index contributed by atoms with van der Waals surface area (Å²) >= 11 is 1.55. The summed E-state index contributed by atoms with van der Waals surface area (Å²) in [6, 6.07) is 8.63. The van der Waals surface area contributed by atoms with Crippen LogP contribution in [0.15, 0.2) is 43.0 Å². The number of allylic oxidation sites excluding steroid dienone is 2. The maximum absolute atomic E-state index is 3.82. The summed E-state index contributed by atoms with van der Waals surface area (Å²) in [5.41, 5.74) is 2.84. The van der Waals surface area contributed by atoms with E-state index in [4.69, 9.17) is 0 Å². The van der Waals surface area contributed by atoms with Gasteiger partial charge in [-0.15, -0.1) is 24.8 Å². The van der Waals surface area contributed by atoms with Gasteiger partial charge in [-0.25, -0.2) is 0 Å². The maximum Gasteiger partial charge on any atom is -0.147 e. The third-order valence-corrected chi connectivity index (χ3v) is 4.03. The van der Waals surface area contributed by atoms with Crippen molar-refractivity contribution in [2.45, 2.75) is 9.54 Å². The summed E-state index contributed by atoms with van der Waals surface area (Å²) in [5.74, 6) is 0. The van der Waals surface area contributed by atoms with Gasteiger partial charge in [0.15, 0.2) is 0 Å². The second-order valence-electron chi connectivity index (χ2n) is 3.38. The zero-order chi connectivity index (χ0) is 9.31. The minimum Gasteiger partial charge on any atom is -0.147 e. The van der Waals surface area contributed by atoms with Crippen LogP contribution in [0.4, 0.5) is 0 Å². The van der Waals surface area contributed by atoms with E-state index in [-0.39, 0.29) is 27.9 Å². The van der Waals surface area contributed by atoms with Gasteiger partial charge in [-0.3, -0.25) is 0 Å². The van der Waals surface area contributed by atoms with E-state index >= 15 is 0 Å². The number of hydrogen-bond donors (Lipinski definition) is 0. The minimum absolute atomic E-state index is 0. The van der Waals surface area contributed by atoms with Gasteiger partial charge >= 0.3 is 94.5 Å². The molecule has 3 heteroatoms. The largest absolute Gasteiger partial charge is 0.147 e. The second kappa shape index (κ2) is 6.04. The first kappa shape index (κ1) is 15.2. The predicted octanol–water partition coefficient (Wildman–Crippen LogP) is 3.88. The van der Waals surface area contributed by atoms with Crippen LogP contribution in [-0.2, 0) is 27.8 Å². The van der Waals surface area contributed by atoms with E-state index in [1.54, 1.807) is 24.7 Å². The van der Waals surface area contributed by atoms with Crippen LogP contribution < -0.4 is 0 Å². The molecule has 0 N–H and O–H groups in total. The molecule has 0 saturated carbocycles. The summed E-state index contributed by atoms with van der Waals surface area (Å²) in [4.78, 5) is 0. The molecule has 0 fully saturated rings. The molecule has 1 atom stereocenters. The van der Waals surface area contributed by atoms with Crippen molar-refractivity contribution in [2.24, 2.45) is 0 Å². The molecule has 0 aromatic heterocycles. The molecule has 1 aliphatic carbocycles. The van der Waals surface area contributed by atoms with Crippen molar-refractivity contribution in [1.82, 2.24) is 0 Å². The molecule has 0 amide bonds. The third kappa shape index (κ3) is 2.84. The third-order valence-electron chi connectivity index (χ3n) is 2.46. The fourth-order valence-corrected chi connectivity index (χ4v) is 2.90. The Hall–Kier alpha value is 0.163. The average Bonchev–Trinajstić information content (AvgIpc) is 2.46. The SMILES string of the molecule is C=CC[C]1([Zr])C=Cc2ccccc21.Cl.Cl. The molecule has 0 radical (unpaired) electrons. The van der Waals surface area contributed by atoms with Crippen LogP contribution in [0.2, 0.25) is 0 Å². The number of hydrogen-bond acceptors (Lipinski definition) is 0. The first-order valence-electron chi connectivity index (χ1n) is 4.41. The Balaban J connectivity index is 0.000000980. The number of halogens is 2. The van der Waals surface area contributed by atoms with E-state index in [0.717, 1.165) is 6.42 Å². The van der Waals surface area contributed by atoms with Gasteiger partial charge in [0.25, 0.3) is 0 Å². The van der Waals surface area contributed by atoms with Crippen molar-refractivity contribution >= 4 is 30.9 Å². The number of benzene rings is 1. The van der Waals surface area contributed by atoms with E-state index in [2.05, 4.69) is 43.0 Å². The van der Waals surface area contributed by atoms with Gasteiger partial charge in [0.05, 0.1) is 0 Å². The normalized spacial score (nSPS) is 21.0. The molecule has 15 heavy (non-hydrogen) atoms. The van der Waals surface area contributed by atoms with Gasteiger partial charge in [0.1, 0.15) is 0 Å². The van der Waals surface area contributed by atoms with Crippen LogP contribution in [0, 0.1) is 0 Å². The zero-order valence-corrected chi connectivity index (χ0v) is 12.4. The van der Waals surface area contributed by atoms with E-state index in [9.17, 15) is 0 Å². The van der Waals surface area contributed by atoms with Crippen LogP contribution in [0.25, 0.3) is 6.08 Å². The first-order valence-corrected chi connectivity index (χ1v) is 5.64. The Morgan fingerprint density at radius 3 is 2.60 bits per heavy atom. The molecule has 1 aromatic rings. The molecular formula is C12H13Cl2Zr. The van der Waals surface area contributed by atoms with E-state index < -0.39 is 0 Å². The molecule has 0 heterocycles.